The Hall–Kier alpha value is -5.30. The van der Waals surface area contributed by atoms with Gasteiger partial charge in [-0.05, 0) is 71.5 Å². The Kier molecular flexibility index (Phi) is 7.35. The van der Waals surface area contributed by atoms with Crippen LogP contribution in [0.4, 0.5) is 0 Å². The molecule has 0 atom stereocenters. The molecule has 0 bridgehead atoms. The number of thiophene rings is 2. The molecule has 4 nitrogen and oxygen atoms in total. The SMILES string of the molecule is Cc1ccc(-c2ccc(-c3ccc(C4=C5C(=O)N(C)C(c6ccc(-c7ccc(-c8ccc(C)cc8)cc7)s6)=C5C(=O)N4C)s3)cc2)cc1. The number of benzene rings is 4. The Balaban J connectivity index is 1.10. The molecule has 6 aromatic rings. The minimum Gasteiger partial charge on any atom is -0.309 e. The van der Waals surface area contributed by atoms with Crippen LogP contribution in [0.5, 0.6) is 0 Å². The van der Waals surface area contributed by atoms with Crippen molar-refractivity contribution < 1.29 is 9.59 Å². The van der Waals surface area contributed by atoms with E-state index in [1.807, 2.05) is 12.1 Å². The quantitative estimate of drug-likeness (QED) is 0.178. The molecule has 0 saturated carbocycles. The van der Waals surface area contributed by atoms with Crippen LogP contribution in [0.1, 0.15) is 20.9 Å². The van der Waals surface area contributed by atoms with E-state index < -0.39 is 0 Å². The van der Waals surface area contributed by atoms with Gasteiger partial charge in [-0.3, -0.25) is 9.59 Å². The number of likely N-dealkylation sites (N-methyl/N-ethyl adjacent to an activating group) is 2. The third-order valence-electron chi connectivity index (χ3n) is 9.22. The van der Waals surface area contributed by atoms with Crippen LogP contribution in [-0.4, -0.2) is 35.7 Å². The first-order chi connectivity index (χ1) is 23.3. The van der Waals surface area contributed by atoms with Gasteiger partial charge in [-0.2, -0.15) is 0 Å². The maximum absolute atomic E-state index is 13.8. The van der Waals surface area contributed by atoms with Crippen molar-refractivity contribution >= 4 is 45.9 Å². The van der Waals surface area contributed by atoms with Crippen molar-refractivity contribution in [1.82, 2.24) is 9.80 Å². The summed E-state index contributed by atoms with van der Waals surface area (Å²) in [4.78, 5) is 34.9. The lowest BCUT2D eigenvalue weighted by molar-refractivity contribution is -0.123. The van der Waals surface area contributed by atoms with Gasteiger partial charge in [0.2, 0.25) is 0 Å². The standard InChI is InChI=1S/C42H32N2O2S2/c1-25-5-9-27(10-6-25)29-13-17-31(18-14-29)33-21-23-35(47-33)39-37-38(42(46)43(39)3)40(44(4)41(37)45)36-24-22-34(48-36)32-19-15-30(16-20-32)28-11-7-26(2)8-12-28/h5-24H,1-4H3. The summed E-state index contributed by atoms with van der Waals surface area (Å²) in [6.07, 6.45) is 0. The van der Waals surface area contributed by atoms with Crippen molar-refractivity contribution in [3.8, 4) is 43.1 Å². The molecule has 2 aliphatic rings. The number of carbonyl (C=O) groups is 2. The molecule has 0 aliphatic carbocycles. The molecule has 234 valence electrons. The summed E-state index contributed by atoms with van der Waals surface area (Å²) in [5, 5.41) is 0. The number of nitrogens with zero attached hydrogens (tertiary/aromatic N) is 2. The largest absolute Gasteiger partial charge is 0.309 e. The number of carbonyl (C=O) groups excluding carboxylic acids is 2. The highest BCUT2D eigenvalue weighted by Gasteiger charge is 2.47. The van der Waals surface area contributed by atoms with Gasteiger partial charge < -0.3 is 9.80 Å². The number of amides is 2. The summed E-state index contributed by atoms with van der Waals surface area (Å²) >= 11 is 3.20. The number of rotatable bonds is 6. The lowest BCUT2D eigenvalue weighted by Gasteiger charge is -2.18. The summed E-state index contributed by atoms with van der Waals surface area (Å²) < 4.78 is 0. The van der Waals surface area contributed by atoms with Crippen LogP contribution in [0.3, 0.4) is 0 Å². The summed E-state index contributed by atoms with van der Waals surface area (Å²) in [5.74, 6) is -0.301. The topological polar surface area (TPSA) is 40.6 Å². The van der Waals surface area contributed by atoms with E-state index in [4.69, 9.17) is 0 Å². The molecule has 2 aliphatic heterocycles. The number of aryl methyl sites for hydroxylation is 2. The van der Waals surface area contributed by atoms with Crippen LogP contribution in [-0.2, 0) is 9.59 Å². The number of hydrogen-bond acceptors (Lipinski definition) is 4. The molecule has 0 N–H and O–H groups in total. The molecule has 0 fully saturated rings. The second-order valence-electron chi connectivity index (χ2n) is 12.4. The molecule has 48 heavy (non-hydrogen) atoms. The van der Waals surface area contributed by atoms with Crippen molar-refractivity contribution in [2.75, 3.05) is 14.1 Å². The molecular formula is C42H32N2O2S2. The fraction of sp³-hybridized carbons (Fsp3) is 0.0952. The van der Waals surface area contributed by atoms with Crippen molar-refractivity contribution in [2.24, 2.45) is 0 Å². The van der Waals surface area contributed by atoms with E-state index in [9.17, 15) is 9.59 Å². The zero-order valence-corrected chi connectivity index (χ0v) is 28.7. The minimum atomic E-state index is -0.150. The Bertz CT molecular complexity index is 2120. The zero-order chi connectivity index (χ0) is 33.1. The van der Waals surface area contributed by atoms with E-state index in [-0.39, 0.29) is 11.8 Å². The highest BCUT2D eigenvalue weighted by Crippen LogP contribution is 2.48. The Morgan fingerprint density at radius 1 is 0.375 bits per heavy atom. The molecular weight excluding hydrogens is 629 g/mol. The maximum Gasteiger partial charge on any atom is 0.261 e. The summed E-state index contributed by atoms with van der Waals surface area (Å²) in [6.45, 7) is 4.19. The first kappa shape index (κ1) is 30.1. The van der Waals surface area contributed by atoms with E-state index in [1.54, 1.807) is 46.6 Å². The minimum absolute atomic E-state index is 0.150. The Labute approximate surface area is 288 Å². The summed E-state index contributed by atoms with van der Waals surface area (Å²) in [5.41, 5.74) is 11.7. The van der Waals surface area contributed by atoms with Gasteiger partial charge in [0, 0.05) is 23.8 Å². The van der Waals surface area contributed by atoms with Crippen molar-refractivity contribution in [3.05, 3.63) is 153 Å². The smallest absolute Gasteiger partial charge is 0.261 e. The average Bonchev–Trinajstić information content (AvgIpc) is 3.89. The van der Waals surface area contributed by atoms with Crippen molar-refractivity contribution in [2.45, 2.75) is 13.8 Å². The van der Waals surface area contributed by atoms with E-state index in [0.29, 0.717) is 22.5 Å². The molecule has 2 amide bonds. The van der Waals surface area contributed by atoms with Gasteiger partial charge in [-0.25, -0.2) is 0 Å². The van der Waals surface area contributed by atoms with Gasteiger partial charge in [0.15, 0.2) is 0 Å². The fourth-order valence-corrected chi connectivity index (χ4v) is 8.69. The molecule has 8 rings (SSSR count). The Morgan fingerprint density at radius 3 is 0.979 bits per heavy atom. The normalized spacial score (nSPS) is 14.5. The second-order valence-corrected chi connectivity index (χ2v) is 14.6. The van der Waals surface area contributed by atoms with Gasteiger partial charge in [0.1, 0.15) is 0 Å². The van der Waals surface area contributed by atoms with Gasteiger partial charge in [0.25, 0.3) is 11.8 Å². The second kappa shape index (κ2) is 11.7. The third kappa shape index (κ3) is 5.05. The van der Waals surface area contributed by atoms with Crippen LogP contribution < -0.4 is 0 Å². The van der Waals surface area contributed by atoms with Gasteiger partial charge in [-0.15, -0.1) is 22.7 Å². The first-order valence-electron chi connectivity index (χ1n) is 15.9. The molecule has 0 spiro atoms. The average molecular weight is 661 g/mol. The van der Waals surface area contributed by atoms with E-state index in [0.717, 1.165) is 30.6 Å². The highest BCUT2D eigenvalue weighted by atomic mass is 32.1. The van der Waals surface area contributed by atoms with Gasteiger partial charge in [-0.1, -0.05) is 108 Å². The van der Waals surface area contributed by atoms with Crippen LogP contribution in [0.15, 0.2) is 132 Å². The molecule has 2 aromatic heterocycles. The fourth-order valence-electron chi connectivity index (χ4n) is 6.49. The van der Waals surface area contributed by atoms with E-state index in [1.165, 1.54) is 33.4 Å². The maximum atomic E-state index is 13.8. The predicted molar refractivity (Wildman–Crippen MR) is 199 cm³/mol. The Morgan fingerprint density at radius 2 is 0.646 bits per heavy atom. The predicted octanol–water partition coefficient (Wildman–Crippen LogP) is 10.2. The van der Waals surface area contributed by atoms with Gasteiger partial charge in [0.05, 0.1) is 32.3 Å². The van der Waals surface area contributed by atoms with Crippen LogP contribution >= 0.6 is 22.7 Å². The van der Waals surface area contributed by atoms with Crippen LogP contribution in [0.2, 0.25) is 0 Å². The zero-order valence-electron chi connectivity index (χ0n) is 27.1. The molecule has 4 heterocycles. The van der Waals surface area contributed by atoms with Crippen molar-refractivity contribution in [3.63, 3.8) is 0 Å². The summed E-state index contributed by atoms with van der Waals surface area (Å²) in [7, 11) is 3.54. The summed E-state index contributed by atoms with van der Waals surface area (Å²) in [6, 6.07) is 42.4. The highest BCUT2D eigenvalue weighted by molar-refractivity contribution is 7.17. The van der Waals surface area contributed by atoms with E-state index >= 15 is 0 Å². The molecule has 0 unspecified atom stereocenters. The number of fused-ring (bicyclic) bond motifs is 1. The molecule has 4 aromatic carbocycles. The monoisotopic (exact) mass is 660 g/mol. The van der Waals surface area contributed by atoms with Crippen LogP contribution in [0, 0.1) is 13.8 Å². The van der Waals surface area contributed by atoms with Crippen LogP contribution in [0.25, 0.3) is 54.5 Å². The lowest BCUT2D eigenvalue weighted by Crippen LogP contribution is -2.24. The van der Waals surface area contributed by atoms with Crippen molar-refractivity contribution in [1.29, 1.82) is 0 Å². The lowest BCUT2D eigenvalue weighted by atomic mass is 10.0. The van der Waals surface area contributed by atoms with E-state index in [2.05, 4.69) is 123 Å². The molecule has 6 heteroatoms. The number of hydrogen-bond donors (Lipinski definition) is 0. The molecule has 0 radical (unpaired) electrons. The van der Waals surface area contributed by atoms with Gasteiger partial charge >= 0.3 is 0 Å². The first-order valence-corrected chi connectivity index (χ1v) is 17.5. The molecule has 0 saturated heterocycles. The third-order valence-corrected chi connectivity index (χ3v) is 11.5.